The molecule has 0 bridgehead atoms. The van der Waals surface area contributed by atoms with Crippen molar-refractivity contribution in [2.45, 2.75) is 26.9 Å². The Hall–Kier alpha value is -3.57. The van der Waals surface area contributed by atoms with E-state index < -0.39 is 17.8 Å². The lowest BCUT2D eigenvalue weighted by Crippen LogP contribution is -2.54. The summed E-state index contributed by atoms with van der Waals surface area (Å²) in [5, 5.41) is 2.89. The van der Waals surface area contributed by atoms with E-state index in [9.17, 15) is 14.4 Å². The maximum Gasteiger partial charge on any atom is 0.335 e. The molecule has 0 aromatic heterocycles. The van der Waals surface area contributed by atoms with Gasteiger partial charge in [0.2, 0.25) is 0 Å². The highest BCUT2D eigenvalue weighted by Gasteiger charge is 2.37. The van der Waals surface area contributed by atoms with E-state index in [4.69, 9.17) is 25.8 Å². The smallest absolute Gasteiger partial charge is 0.335 e. The normalized spacial score (nSPS) is 14.4. The fourth-order valence-corrected chi connectivity index (χ4v) is 4.69. The first-order valence-corrected chi connectivity index (χ1v) is 13.7. The summed E-state index contributed by atoms with van der Waals surface area (Å²) >= 11 is 8.08. The lowest BCUT2D eigenvalue weighted by Gasteiger charge is -2.26. The first kappa shape index (κ1) is 28.4. The molecule has 1 aliphatic heterocycles. The van der Waals surface area contributed by atoms with Crippen LogP contribution in [-0.4, -0.2) is 31.1 Å². The van der Waals surface area contributed by atoms with Gasteiger partial charge in [-0.2, -0.15) is 0 Å². The van der Waals surface area contributed by atoms with E-state index in [1.54, 1.807) is 48.5 Å². The van der Waals surface area contributed by atoms with Gasteiger partial charge in [0, 0.05) is 5.02 Å². The number of hydrogen-bond acceptors (Lipinski definition) is 6. The fraction of sp³-hybridized carbons (Fsp3) is 0.207. The van der Waals surface area contributed by atoms with Crippen molar-refractivity contribution < 1.29 is 28.6 Å². The van der Waals surface area contributed by atoms with Gasteiger partial charge < -0.3 is 14.2 Å². The van der Waals surface area contributed by atoms with E-state index in [-0.39, 0.29) is 5.57 Å². The maximum absolute atomic E-state index is 13.3. The zero-order valence-corrected chi connectivity index (χ0v) is 24.2. The molecule has 0 atom stereocenters. The zero-order chi connectivity index (χ0) is 27.9. The molecule has 0 aliphatic carbocycles. The van der Waals surface area contributed by atoms with Crippen LogP contribution in [0.25, 0.3) is 6.08 Å². The number of nitrogens with one attached hydrogen (secondary N) is 1. The molecule has 0 radical (unpaired) electrons. The number of halogens is 2. The van der Waals surface area contributed by atoms with Gasteiger partial charge in [0.15, 0.2) is 11.5 Å². The van der Waals surface area contributed by atoms with Crippen LogP contribution in [0.3, 0.4) is 0 Å². The van der Waals surface area contributed by atoms with Crippen molar-refractivity contribution in [3.63, 3.8) is 0 Å². The number of urea groups is 1. The average Bonchev–Trinajstić information content (AvgIpc) is 2.91. The van der Waals surface area contributed by atoms with Crippen LogP contribution in [0, 0.1) is 3.57 Å². The summed E-state index contributed by atoms with van der Waals surface area (Å²) < 4.78 is 18.2. The number of ether oxygens (including phenoxy) is 3. The van der Waals surface area contributed by atoms with E-state index in [0.717, 1.165) is 20.5 Å². The summed E-state index contributed by atoms with van der Waals surface area (Å²) in [4.78, 5) is 39.5. The number of amides is 4. The van der Waals surface area contributed by atoms with Gasteiger partial charge in [0.05, 0.1) is 22.5 Å². The zero-order valence-electron chi connectivity index (χ0n) is 21.3. The Labute approximate surface area is 245 Å². The number of carbonyl (C=O) groups is 3. The molecule has 0 saturated carbocycles. The molecule has 10 heteroatoms. The third-order valence-corrected chi connectivity index (χ3v) is 6.66. The molecule has 1 fully saturated rings. The highest BCUT2D eigenvalue weighted by molar-refractivity contribution is 14.1. The molecular formula is C29H26ClIN2O6. The van der Waals surface area contributed by atoms with E-state index in [1.165, 1.54) is 6.08 Å². The van der Waals surface area contributed by atoms with E-state index in [2.05, 4.69) is 27.9 Å². The van der Waals surface area contributed by atoms with Crippen LogP contribution in [0.5, 0.6) is 17.2 Å². The van der Waals surface area contributed by atoms with Gasteiger partial charge in [-0.05, 0) is 102 Å². The molecule has 39 heavy (non-hydrogen) atoms. The number of imide groups is 2. The van der Waals surface area contributed by atoms with Crippen molar-refractivity contribution >= 4 is 63.8 Å². The second-order valence-corrected chi connectivity index (χ2v) is 10.1. The second-order valence-electron chi connectivity index (χ2n) is 8.48. The monoisotopic (exact) mass is 660 g/mol. The largest absolute Gasteiger partial charge is 0.494 e. The predicted octanol–water partition coefficient (Wildman–Crippen LogP) is 6.38. The summed E-state index contributed by atoms with van der Waals surface area (Å²) in [6.07, 6.45) is 2.29. The number of anilines is 1. The number of benzene rings is 3. The van der Waals surface area contributed by atoms with Gasteiger partial charge in [0.1, 0.15) is 17.9 Å². The molecule has 1 heterocycles. The van der Waals surface area contributed by atoms with Crippen LogP contribution in [0.15, 0.2) is 66.2 Å². The predicted molar refractivity (Wildman–Crippen MR) is 157 cm³/mol. The minimum absolute atomic E-state index is 0.186. The molecule has 4 amide bonds. The molecule has 202 valence electrons. The molecule has 0 unspecified atom stereocenters. The highest BCUT2D eigenvalue weighted by atomic mass is 127. The van der Waals surface area contributed by atoms with Gasteiger partial charge in [-0.3, -0.25) is 14.9 Å². The van der Waals surface area contributed by atoms with E-state index >= 15 is 0 Å². The number of hydrogen-bond donors (Lipinski definition) is 1. The van der Waals surface area contributed by atoms with Gasteiger partial charge in [-0.25, -0.2) is 9.69 Å². The van der Waals surface area contributed by atoms with Crippen molar-refractivity contribution in [2.75, 3.05) is 18.1 Å². The van der Waals surface area contributed by atoms with Gasteiger partial charge in [0.25, 0.3) is 11.8 Å². The maximum atomic E-state index is 13.3. The molecule has 8 nitrogen and oxygen atoms in total. The number of nitrogens with zero attached hydrogens (tertiary/aromatic N) is 1. The van der Waals surface area contributed by atoms with Crippen LogP contribution in [-0.2, 0) is 16.2 Å². The van der Waals surface area contributed by atoms with Crippen molar-refractivity contribution in [1.82, 2.24) is 5.32 Å². The highest BCUT2D eigenvalue weighted by Crippen LogP contribution is 2.36. The molecule has 3 aromatic rings. The van der Waals surface area contributed by atoms with E-state index in [0.29, 0.717) is 53.3 Å². The first-order chi connectivity index (χ1) is 18.8. The SMILES string of the molecule is CCCOc1ccc(N2C(=O)NC(=O)/C(=C/c3cc(I)c(OCc4ccc(Cl)cc4)c(OCC)c3)C2=O)cc1. The summed E-state index contributed by atoms with van der Waals surface area (Å²) in [6.45, 7) is 5.08. The third-order valence-electron chi connectivity index (χ3n) is 5.61. The number of barbiturate groups is 1. The quantitative estimate of drug-likeness (QED) is 0.154. The summed E-state index contributed by atoms with van der Waals surface area (Å²) in [5.74, 6) is 0.108. The second kappa shape index (κ2) is 13.0. The lowest BCUT2D eigenvalue weighted by molar-refractivity contribution is -0.122. The Morgan fingerprint density at radius 1 is 0.949 bits per heavy atom. The summed E-state index contributed by atoms with van der Waals surface area (Å²) in [7, 11) is 0. The topological polar surface area (TPSA) is 94.2 Å². The van der Waals surface area contributed by atoms with Crippen molar-refractivity contribution in [1.29, 1.82) is 0 Å². The van der Waals surface area contributed by atoms with Gasteiger partial charge in [-0.15, -0.1) is 0 Å². The molecule has 4 rings (SSSR count). The lowest BCUT2D eigenvalue weighted by atomic mass is 10.1. The Bertz CT molecular complexity index is 1410. The first-order valence-electron chi connectivity index (χ1n) is 12.3. The molecule has 1 aliphatic rings. The van der Waals surface area contributed by atoms with Crippen molar-refractivity contribution in [2.24, 2.45) is 0 Å². The average molecular weight is 661 g/mol. The fourth-order valence-electron chi connectivity index (χ4n) is 3.78. The summed E-state index contributed by atoms with van der Waals surface area (Å²) in [5.41, 5.74) is 1.60. The Balaban J connectivity index is 1.61. The van der Waals surface area contributed by atoms with Crippen LogP contribution < -0.4 is 24.4 Å². The third kappa shape index (κ3) is 6.90. The Morgan fingerprint density at radius 3 is 2.33 bits per heavy atom. The Morgan fingerprint density at radius 2 is 1.67 bits per heavy atom. The van der Waals surface area contributed by atoms with Gasteiger partial charge >= 0.3 is 6.03 Å². The van der Waals surface area contributed by atoms with Gasteiger partial charge in [-0.1, -0.05) is 30.7 Å². The van der Waals surface area contributed by atoms with Crippen molar-refractivity contribution in [3.05, 3.63) is 86.0 Å². The van der Waals surface area contributed by atoms with Crippen LogP contribution >= 0.6 is 34.2 Å². The minimum atomic E-state index is -0.820. The molecular weight excluding hydrogens is 635 g/mol. The molecule has 3 aromatic carbocycles. The molecule has 0 spiro atoms. The number of rotatable bonds is 10. The summed E-state index contributed by atoms with van der Waals surface area (Å²) in [6, 6.07) is 16.5. The van der Waals surface area contributed by atoms with Crippen molar-refractivity contribution in [3.8, 4) is 17.2 Å². The minimum Gasteiger partial charge on any atom is -0.494 e. The van der Waals surface area contributed by atoms with Crippen LogP contribution in [0.4, 0.5) is 10.5 Å². The Kier molecular flexibility index (Phi) is 9.47. The van der Waals surface area contributed by atoms with Crippen LogP contribution in [0.2, 0.25) is 5.02 Å². The number of carbonyl (C=O) groups excluding carboxylic acids is 3. The molecule has 1 saturated heterocycles. The van der Waals surface area contributed by atoms with E-state index in [1.807, 2.05) is 26.0 Å². The standard InChI is InChI=1S/C29H26ClIN2O6/c1-3-13-38-22-11-9-21(10-12-22)33-28(35)23(27(34)32-29(33)36)14-19-15-24(31)26(25(16-19)37-4-2)39-17-18-5-7-20(30)8-6-18/h5-12,14-16H,3-4,13,17H2,1-2H3,(H,32,34,36)/b23-14-. The van der Waals surface area contributed by atoms with Crippen LogP contribution in [0.1, 0.15) is 31.4 Å². The molecule has 1 N–H and O–H groups in total.